The topological polar surface area (TPSA) is 90.8 Å². The Hall–Kier alpha value is -2.82. The van der Waals surface area contributed by atoms with E-state index in [1.54, 1.807) is 6.07 Å². The molecule has 0 amide bonds. The maximum Gasteiger partial charge on any atom is 0.586 e. The van der Waals surface area contributed by atoms with Gasteiger partial charge in [0.05, 0.1) is 0 Å². The minimum absolute atomic E-state index is 0.00605. The van der Waals surface area contributed by atoms with Crippen LogP contribution in [0.3, 0.4) is 0 Å². The van der Waals surface area contributed by atoms with Gasteiger partial charge in [0.2, 0.25) is 5.95 Å². The molecule has 2 aliphatic rings. The summed E-state index contributed by atoms with van der Waals surface area (Å²) in [5, 5.41) is 4.81. The van der Waals surface area contributed by atoms with Crippen LogP contribution in [0.25, 0.3) is 16.6 Å². The standard InChI is InChI=1S/C16H15F3N6O2/c17-8-3-5-24(7-8)6-4-11-21-14-9-1-2-10-13(27-16(18,19)26-10)12(9)22-15(20)25(14)23-11/h1-2,8H,3-7H2,(H2,20,22). The summed E-state index contributed by atoms with van der Waals surface area (Å²) >= 11 is 0. The summed E-state index contributed by atoms with van der Waals surface area (Å²) in [6.07, 6.45) is -3.48. The third kappa shape index (κ3) is 2.69. The Kier molecular flexibility index (Phi) is 3.39. The monoisotopic (exact) mass is 380 g/mol. The zero-order valence-electron chi connectivity index (χ0n) is 14.0. The first kappa shape index (κ1) is 16.4. The molecule has 1 unspecified atom stereocenters. The van der Waals surface area contributed by atoms with Crippen molar-refractivity contribution in [2.75, 3.05) is 25.4 Å². The van der Waals surface area contributed by atoms with Crippen LogP contribution in [-0.4, -0.2) is 56.6 Å². The molecule has 4 heterocycles. The molecule has 1 aromatic carbocycles. The van der Waals surface area contributed by atoms with Gasteiger partial charge in [-0.2, -0.15) is 4.52 Å². The summed E-state index contributed by atoms with van der Waals surface area (Å²) in [6.45, 7) is 1.75. The van der Waals surface area contributed by atoms with Crippen LogP contribution in [0.2, 0.25) is 0 Å². The second-order valence-electron chi connectivity index (χ2n) is 6.63. The van der Waals surface area contributed by atoms with Crippen molar-refractivity contribution in [2.24, 2.45) is 0 Å². The Morgan fingerprint density at radius 1 is 1.26 bits per heavy atom. The molecule has 11 heteroatoms. The lowest BCUT2D eigenvalue weighted by Crippen LogP contribution is -2.26. The van der Waals surface area contributed by atoms with Crippen LogP contribution < -0.4 is 15.2 Å². The molecule has 0 radical (unpaired) electrons. The van der Waals surface area contributed by atoms with Crippen molar-refractivity contribution in [3.63, 3.8) is 0 Å². The normalized spacial score (nSPS) is 21.5. The van der Waals surface area contributed by atoms with E-state index < -0.39 is 12.5 Å². The number of hydrogen-bond donors (Lipinski definition) is 1. The fraction of sp³-hybridized carbons (Fsp3) is 0.438. The third-order valence-corrected chi connectivity index (χ3v) is 4.75. The molecule has 27 heavy (non-hydrogen) atoms. The summed E-state index contributed by atoms with van der Waals surface area (Å²) < 4.78 is 50.4. The number of ether oxygens (including phenoxy) is 2. The number of nitrogen functional groups attached to an aromatic ring is 1. The van der Waals surface area contributed by atoms with Crippen molar-refractivity contribution in [2.45, 2.75) is 25.3 Å². The second kappa shape index (κ2) is 5.59. The van der Waals surface area contributed by atoms with Gasteiger partial charge in [-0.1, -0.05) is 0 Å². The number of nitrogens with two attached hydrogens (primary N) is 1. The molecule has 0 spiro atoms. The van der Waals surface area contributed by atoms with Crippen LogP contribution in [0.4, 0.5) is 19.1 Å². The smallest absolute Gasteiger partial charge is 0.395 e. The van der Waals surface area contributed by atoms with E-state index in [4.69, 9.17) is 5.73 Å². The van der Waals surface area contributed by atoms with Crippen LogP contribution in [0.15, 0.2) is 12.1 Å². The van der Waals surface area contributed by atoms with Crippen molar-refractivity contribution in [3.8, 4) is 11.5 Å². The summed E-state index contributed by atoms with van der Waals surface area (Å²) in [4.78, 5) is 10.6. The number of halogens is 3. The van der Waals surface area contributed by atoms with Crippen LogP contribution in [0.5, 0.6) is 11.5 Å². The fourth-order valence-electron chi connectivity index (χ4n) is 3.49. The lowest BCUT2D eigenvalue weighted by atomic mass is 10.2. The molecule has 1 fully saturated rings. The van der Waals surface area contributed by atoms with Crippen LogP contribution in [-0.2, 0) is 6.42 Å². The van der Waals surface area contributed by atoms with Gasteiger partial charge in [-0.05, 0) is 18.6 Å². The molecule has 1 atom stereocenters. The molecule has 2 N–H and O–H groups in total. The number of likely N-dealkylation sites (tertiary alicyclic amines) is 1. The first-order chi connectivity index (χ1) is 12.9. The summed E-state index contributed by atoms with van der Waals surface area (Å²) in [6, 6.07) is 2.93. The van der Waals surface area contributed by atoms with Gasteiger partial charge < -0.3 is 15.2 Å². The maximum absolute atomic E-state index is 13.4. The van der Waals surface area contributed by atoms with Gasteiger partial charge in [0.1, 0.15) is 11.7 Å². The maximum atomic E-state index is 13.4. The van der Waals surface area contributed by atoms with Gasteiger partial charge in [-0.15, -0.1) is 13.9 Å². The zero-order chi connectivity index (χ0) is 18.8. The van der Waals surface area contributed by atoms with E-state index in [1.807, 2.05) is 4.90 Å². The molecule has 142 valence electrons. The van der Waals surface area contributed by atoms with E-state index in [2.05, 4.69) is 24.5 Å². The highest BCUT2D eigenvalue weighted by Gasteiger charge is 2.44. The highest BCUT2D eigenvalue weighted by atomic mass is 19.3. The Balaban J connectivity index is 1.53. The predicted octanol–water partition coefficient (Wildman–Crippen LogP) is 1.77. The van der Waals surface area contributed by atoms with E-state index in [-0.39, 0.29) is 23.0 Å². The highest BCUT2D eigenvalue weighted by Crippen LogP contribution is 2.45. The second-order valence-corrected chi connectivity index (χ2v) is 6.63. The number of benzene rings is 1. The molecule has 0 aliphatic carbocycles. The van der Waals surface area contributed by atoms with Crippen molar-refractivity contribution in [1.82, 2.24) is 24.5 Å². The van der Waals surface area contributed by atoms with E-state index >= 15 is 0 Å². The van der Waals surface area contributed by atoms with Crippen LogP contribution >= 0.6 is 0 Å². The molecule has 5 rings (SSSR count). The summed E-state index contributed by atoms with van der Waals surface area (Å²) in [5.74, 6) is 0.218. The van der Waals surface area contributed by atoms with Gasteiger partial charge in [0, 0.05) is 31.4 Å². The van der Waals surface area contributed by atoms with E-state index in [0.717, 1.165) is 0 Å². The Morgan fingerprint density at radius 3 is 2.89 bits per heavy atom. The number of hydrogen-bond acceptors (Lipinski definition) is 7. The van der Waals surface area contributed by atoms with Crippen molar-refractivity contribution < 1.29 is 22.6 Å². The predicted molar refractivity (Wildman–Crippen MR) is 88.6 cm³/mol. The molecule has 0 saturated carbocycles. The molecular formula is C16H15F3N6O2. The van der Waals surface area contributed by atoms with Crippen LogP contribution in [0, 0.1) is 0 Å². The molecule has 2 aromatic heterocycles. The van der Waals surface area contributed by atoms with E-state index in [0.29, 0.717) is 49.3 Å². The van der Waals surface area contributed by atoms with Gasteiger partial charge in [-0.25, -0.2) is 14.4 Å². The first-order valence-corrected chi connectivity index (χ1v) is 8.50. The quantitative estimate of drug-likeness (QED) is 0.740. The lowest BCUT2D eigenvalue weighted by Gasteiger charge is -2.12. The first-order valence-electron chi connectivity index (χ1n) is 8.50. The molecule has 8 nitrogen and oxygen atoms in total. The number of nitrogens with zero attached hydrogens (tertiary/aromatic N) is 5. The third-order valence-electron chi connectivity index (χ3n) is 4.75. The number of rotatable bonds is 3. The minimum Gasteiger partial charge on any atom is -0.395 e. The van der Waals surface area contributed by atoms with Gasteiger partial charge >= 0.3 is 6.29 Å². The Labute approximate surface area is 150 Å². The van der Waals surface area contributed by atoms with E-state index in [1.165, 1.54) is 10.6 Å². The Morgan fingerprint density at radius 2 is 2.11 bits per heavy atom. The van der Waals surface area contributed by atoms with Crippen LogP contribution in [0.1, 0.15) is 12.2 Å². The number of anilines is 1. The molecule has 1 saturated heterocycles. The number of aromatic nitrogens is 4. The molecule has 0 bridgehead atoms. The van der Waals surface area contributed by atoms with Crippen molar-refractivity contribution in [1.29, 1.82) is 0 Å². The van der Waals surface area contributed by atoms with E-state index in [9.17, 15) is 13.2 Å². The van der Waals surface area contributed by atoms with Crippen molar-refractivity contribution >= 4 is 22.5 Å². The summed E-state index contributed by atoms with van der Waals surface area (Å²) in [7, 11) is 0. The molecular weight excluding hydrogens is 365 g/mol. The van der Waals surface area contributed by atoms with Gasteiger partial charge in [0.25, 0.3) is 0 Å². The van der Waals surface area contributed by atoms with Gasteiger partial charge in [0.15, 0.2) is 23.0 Å². The van der Waals surface area contributed by atoms with Gasteiger partial charge in [-0.3, -0.25) is 4.90 Å². The summed E-state index contributed by atoms with van der Waals surface area (Å²) in [5.41, 5.74) is 6.46. The Bertz CT molecular complexity index is 1060. The number of alkyl halides is 3. The largest absolute Gasteiger partial charge is 0.586 e. The molecule has 3 aromatic rings. The minimum atomic E-state index is -3.75. The SMILES string of the molecule is Nc1nc2c3c(ccc2c2nc(CCN4CCC(F)C4)nn12)OC(F)(F)O3. The average molecular weight is 380 g/mol. The molecule has 2 aliphatic heterocycles. The number of fused-ring (bicyclic) bond motifs is 5. The van der Waals surface area contributed by atoms with Crippen molar-refractivity contribution in [3.05, 3.63) is 18.0 Å². The zero-order valence-corrected chi connectivity index (χ0v) is 14.0. The lowest BCUT2D eigenvalue weighted by molar-refractivity contribution is -0.286. The average Bonchev–Trinajstić information content (AvgIpc) is 3.29. The highest BCUT2D eigenvalue weighted by molar-refractivity contribution is 5.97. The fourth-order valence-corrected chi connectivity index (χ4v) is 3.49.